The Hall–Kier alpha value is -1.95. The van der Waals surface area contributed by atoms with Crippen LogP contribution in [0.15, 0.2) is 23.8 Å². The second-order valence-electron chi connectivity index (χ2n) is 12.0. The third-order valence-corrected chi connectivity index (χ3v) is 8.44. The summed E-state index contributed by atoms with van der Waals surface area (Å²) in [4.78, 5) is 39.8. The van der Waals surface area contributed by atoms with Gasteiger partial charge < -0.3 is 39.2 Å². The average molecular weight is 582 g/mol. The van der Waals surface area contributed by atoms with Gasteiger partial charge in [-0.15, -0.1) is 0 Å². The molecule has 3 N–H and O–H groups in total. The van der Waals surface area contributed by atoms with Crippen molar-refractivity contribution < 1.29 is 43.9 Å². The Balaban J connectivity index is 2.50. The van der Waals surface area contributed by atoms with E-state index >= 15 is 0 Å². The number of nitrogens with zero attached hydrogens (tertiary/aromatic N) is 1. The van der Waals surface area contributed by atoms with Gasteiger partial charge in [0.1, 0.15) is 18.5 Å². The van der Waals surface area contributed by atoms with Crippen LogP contribution < -0.4 is 0 Å². The summed E-state index contributed by atoms with van der Waals surface area (Å²) in [5.41, 5.74) is 0.735. The Kier molecular flexibility index (Phi) is 14.3. The molecule has 0 radical (unpaired) electrons. The molecule has 0 amide bonds. The van der Waals surface area contributed by atoms with E-state index in [9.17, 15) is 29.7 Å². The smallest absolute Gasteiger partial charge is 0.308 e. The predicted octanol–water partition coefficient (Wildman–Crippen LogP) is 2.43. The molecule has 0 saturated carbocycles. The Morgan fingerprint density at radius 1 is 1.12 bits per heavy atom. The highest BCUT2D eigenvalue weighted by Crippen LogP contribution is 2.34. The van der Waals surface area contributed by atoms with Gasteiger partial charge in [0.15, 0.2) is 12.1 Å². The number of rotatable bonds is 7. The Morgan fingerprint density at radius 3 is 2.39 bits per heavy atom. The maximum atomic E-state index is 13.1. The number of aliphatic hydroxyl groups excluding tert-OH is 3. The van der Waals surface area contributed by atoms with Crippen LogP contribution in [0.2, 0.25) is 0 Å². The molecule has 0 spiro atoms. The number of cyclic esters (lactones) is 1. The van der Waals surface area contributed by atoms with Crippen LogP contribution in [0.4, 0.5) is 0 Å². The van der Waals surface area contributed by atoms with Crippen molar-refractivity contribution in [2.75, 3.05) is 20.7 Å². The molecule has 1 unspecified atom stereocenters. The summed E-state index contributed by atoms with van der Waals surface area (Å²) in [5.74, 6) is -2.89. The molecule has 1 saturated heterocycles. The minimum atomic E-state index is -1.20. The number of aldehydes is 1. The first-order valence-electron chi connectivity index (χ1n) is 14.8. The van der Waals surface area contributed by atoms with Crippen molar-refractivity contribution in [2.45, 2.75) is 110 Å². The number of carbonyl (C=O) groups excluding carboxylic acids is 3. The van der Waals surface area contributed by atoms with Crippen LogP contribution in [-0.2, 0) is 28.6 Å². The van der Waals surface area contributed by atoms with Gasteiger partial charge in [-0.1, -0.05) is 38.5 Å². The van der Waals surface area contributed by atoms with Crippen molar-refractivity contribution in [1.29, 1.82) is 0 Å². The standard InChI is InChI=1S/C31H51NO9/c1-8-27-23(17-34)13-18(2)9-10-25(35)19(3)14-22(11-12-33)30(21(5)26(36)16-28(37)40-27)41-31-29(38)24(32(6)7)15-20(4)39-31/h9-10,12-13,19-24,26-27,29-31,34,36,38H,8,11,14-17H2,1-7H3/b10-9-,18-13-/t19-,20-,21+,22+,23-,24+,26-,27?,29-,30-,31+/m1/s1. The lowest BCUT2D eigenvalue weighted by atomic mass is 9.79. The van der Waals surface area contributed by atoms with E-state index < -0.39 is 60.3 Å². The van der Waals surface area contributed by atoms with Crippen molar-refractivity contribution in [2.24, 2.45) is 23.7 Å². The first-order valence-corrected chi connectivity index (χ1v) is 14.8. The number of hydrogen-bond donors (Lipinski definition) is 3. The van der Waals surface area contributed by atoms with Gasteiger partial charge in [-0.2, -0.15) is 0 Å². The molecule has 0 aromatic heterocycles. The molecule has 41 heavy (non-hydrogen) atoms. The number of hydrogen-bond acceptors (Lipinski definition) is 10. The van der Waals surface area contributed by atoms with E-state index in [2.05, 4.69) is 0 Å². The Labute approximate surface area is 244 Å². The van der Waals surface area contributed by atoms with E-state index in [4.69, 9.17) is 14.2 Å². The number of ether oxygens (including phenoxy) is 3. The first kappa shape index (κ1) is 35.2. The molecule has 2 aliphatic heterocycles. The third kappa shape index (κ3) is 10.1. The molecule has 11 atom stereocenters. The fourth-order valence-corrected chi connectivity index (χ4v) is 5.85. The molecule has 0 bridgehead atoms. The minimum Gasteiger partial charge on any atom is -0.462 e. The van der Waals surface area contributed by atoms with Gasteiger partial charge in [0.25, 0.3) is 0 Å². The van der Waals surface area contributed by atoms with Crippen LogP contribution in [0.3, 0.4) is 0 Å². The van der Waals surface area contributed by atoms with Crippen molar-refractivity contribution >= 4 is 18.0 Å². The van der Waals surface area contributed by atoms with Gasteiger partial charge in [-0.05, 0) is 59.2 Å². The number of carbonyl (C=O) groups is 3. The van der Waals surface area contributed by atoms with E-state index in [-0.39, 0.29) is 43.8 Å². The highest BCUT2D eigenvalue weighted by molar-refractivity contribution is 5.91. The zero-order valence-corrected chi connectivity index (χ0v) is 25.6. The molecule has 0 aliphatic carbocycles. The van der Waals surface area contributed by atoms with Crippen molar-refractivity contribution in [3.05, 3.63) is 23.8 Å². The molecule has 10 heteroatoms. The van der Waals surface area contributed by atoms with E-state index in [0.717, 1.165) is 11.9 Å². The summed E-state index contributed by atoms with van der Waals surface area (Å²) in [7, 11) is 3.73. The van der Waals surface area contributed by atoms with E-state index in [1.807, 2.05) is 32.8 Å². The Bertz CT molecular complexity index is 919. The molecule has 2 aliphatic rings. The van der Waals surface area contributed by atoms with Crippen LogP contribution >= 0.6 is 0 Å². The van der Waals surface area contributed by atoms with Gasteiger partial charge in [0.2, 0.25) is 0 Å². The Morgan fingerprint density at radius 2 is 1.80 bits per heavy atom. The lowest BCUT2D eigenvalue weighted by molar-refractivity contribution is -0.283. The van der Waals surface area contributed by atoms with Gasteiger partial charge >= 0.3 is 5.97 Å². The first-order chi connectivity index (χ1) is 19.3. The molecule has 0 aromatic carbocycles. The molecule has 1 fully saturated rings. The van der Waals surface area contributed by atoms with Gasteiger partial charge in [0, 0.05) is 30.2 Å². The molecule has 234 valence electrons. The zero-order valence-electron chi connectivity index (χ0n) is 25.6. The average Bonchev–Trinajstić information content (AvgIpc) is 2.92. The summed E-state index contributed by atoms with van der Waals surface area (Å²) in [6.45, 7) is 8.78. The van der Waals surface area contributed by atoms with Gasteiger partial charge in [-0.25, -0.2) is 0 Å². The molecule has 10 nitrogen and oxygen atoms in total. The highest BCUT2D eigenvalue weighted by atomic mass is 16.7. The zero-order chi connectivity index (χ0) is 30.9. The summed E-state index contributed by atoms with van der Waals surface area (Å²) in [6.07, 6.45) is 1.85. The number of esters is 1. The topological polar surface area (TPSA) is 143 Å². The van der Waals surface area contributed by atoms with E-state index in [0.29, 0.717) is 12.8 Å². The monoisotopic (exact) mass is 581 g/mol. The summed E-state index contributed by atoms with van der Waals surface area (Å²) in [6, 6.07) is -0.234. The van der Waals surface area contributed by atoms with Crippen molar-refractivity contribution in [3.8, 4) is 0 Å². The lowest BCUT2D eigenvalue weighted by Crippen LogP contribution is -2.56. The maximum Gasteiger partial charge on any atom is 0.308 e. The summed E-state index contributed by atoms with van der Waals surface area (Å²) < 4.78 is 18.1. The molecular weight excluding hydrogens is 530 g/mol. The fraction of sp³-hybridized carbons (Fsp3) is 0.774. The van der Waals surface area contributed by atoms with Crippen LogP contribution in [0, 0.1) is 23.7 Å². The molecule has 2 heterocycles. The quantitative estimate of drug-likeness (QED) is 0.303. The number of likely N-dealkylation sites (N-methyl/N-ethyl adjacent to an activating group) is 1. The van der Waals surface area contributed by atoms with Gasteiger partial charge in [0.05, 0.1) is 31.3 Å². The van der Waals surface area contributed by atoms with Crippen molar-refractivity contribution in [1.82, 2.24) is 4.90 Å². The third-order valence-electron chi connectivity index (χ3n) is 8.44. The number of ketones is 1. The second-order valence-corrected chi connectivity index (χ2v) is 12.0. The lowest BCUT2D eigenvalue weighted by Gasteiger charge is -2.44. The minimum absolute atomic E-state index is 0.0536. The van der Waals surface area contributed by atoms with E-state index in [1.54, 1.807) is 32.9 Å². The van der Waals surface area contributed by atoms with Crippen LogP contribution in [0.5, 0.6) is 0 Å². The van der Waals surface area contributed by atoms with E-state index in [1.165, 1.54) is 6.08 Å². The molecule has 0 aromatic rings. The largest absolute Gasteiger partial charge is 0.462 e. The SMILES string of the molecule is CCC1OC(=O)C[C@@H](O)[C@H](C)[C@@H](O[C@@H]2O[C@H](C)C[C@H](N(C)C)[C@H]2O)[C@@H](CC=O)C[C@@H](C)C(=O)/C=C\C(C)=C/[C@@H]1CO. The normalized spacial score (nSPS) is 40.5. The second kappa shape index (κ2) is 16.6. The number of aliphatic hydroxyl groups is 3. The van der Waals surface area contributed by atoms with Gasteiger partial charge in [-0.3, -0.25) is 9.59 Å². The van der Waals surface area contributed by atoms with Crippen molar-refractivity contribution in [3.63, 3.8) is 0 Å². The molecule has 2 rings (SSSR count). The number of allylic oxidation sites excluding steroid dienone is 3. The molecular formula is C31H51NO9. The summed E-state index contributed by atoms with van der Waals surface area (Å²) >= 11 is 0. The van der Waals surface area contributed by atoms with Crippen LogP contribution in [-0.4, -0.2) is 102 Å². The predicted molar refractivity (Wildman–Crippen MR) is 154 cm³/mol. The maximum absolute atomic E-state index is 13.1. The fourth-order valence-electron chi connectivity index (χ4n) is 5.85. The van der Waals surface area contributed by atoms with Crippen LogP contribution in [0.1, 0.15) is 66.7 Å². The summed E-state index contributed by atoms with van der Waals surface area (Å²) in [5, 5.41) is 32.3. The van der Waals surface area contributed by atoms with Crippen LogP contribution in [0.25, 0.3) is 0 Å². The highest BCUT2D eigenvalue weighted by Gasteiger charge is 2.43.